The van der Waals surface area contributed by atoms with Gasteiger partial charge in [0.2, 0.25) is 0 Å². The molecule has 85 valence electrons. The maximum absolute atomic E-state index is 13.5. The minimum Gasteiger partial charge on any atom is -0.364 e. The molecule has 1 aromatic carbocycles. The van der Waals surface area contributed by atoms with E-state index in [9.17, 15) is 8.78 Å². The predicted octanol–water partition coefficient (Wildman–Crippen LogP) is 3.14. The number of nitrogens with zero attached hydrogens (tertiary/aromatic N) is 1. The second-order valence-electron chi connectivity index (χ2n) is 4.57. The van der Waals surface area contributed by atoms with E-state index in [-0.39, 0.29) is 27.3 Å². The van der Waals surface area contributed by atoms with Crippen LogP contribution in [-0.2, 0) is 21.7 Å². The summed E-state index contributed by atoms with van der Waals surface area (Å²) in [6.45, 7) is 4.97. The van der Waals surface area contributed by atoms with Crippen LogP contribution in [0.5, 0.6) is 0 Å². The molecule has 1 radical (unpaired) electrons. The van der Waals surface area contributed by atoms with Gasteiger partial charge in [-0.3, -0.25) is 0 Å². The largest absolute Gasteiger partial charge is 0.364 e. The van der Waals surface area contributed by atoms with Gasteiger partial charge < -0.3 is 4.90 Å². The smallest absolute Gasteiger partial charge is 0.157 e. The molecule has 0 N–H and O–H groups in total. The second-order valence-corrected chi connectivity index (χ2v) is 4.57. The Hall–Kier alpha value is -0.406. The summed E-state index contributed by atoms with van der Waals surface area (Å²) in [7, 11) is 0. The van der Waals surface area contributed by atoms with Crippen LogP contribution in [-0.4, -0.2) is 12.1 Å². The summed E-state index contributed by atoms with van der Waals surface area (Å²) in [5, 5.41) is 0. The Morgan fingerprint density at radius 2 is 2.00 bits per heavy atom. The third kappa shape index (κ3) is 2.46. The van der Waals surface area contributed by atoms with Crippen molar-refractivity contribution in [2.24, 2.45) is 0 Å². The molecule has 1 aliphatic rings. The number of hydrogen-bond acceptors (Lipinski definition) is 1. The molecule has 0 atom stereocenters. The van der Waals surface area contributed by atoms with Crippen molar-refractivity contribution in [3.8, 4) is 0 Å². The molecule has 0 bridgehead atoms. The summed E-state index contributed by atoms with van der Waals surface area (Å²) in [5.74, 6) is -1.24. The first-order chi connectivity index (χ1) is 7.00. The molecule has 1 aliphatic heterocycles. The maximum Gasteiger partial charge on any atom is 0.157 e. The van der Waals surface area contributed by atoms with Crippen molar-refractivity contribution in [1.29, 1.82) is 0 Å². The number of halogens is 2. The van der Waals surface area contributed by atoms with E-state index >= 15 is 0 Å². The van der Waals surface area contributed by atoms with Gasteiger partial charge in [0.15, 0.2) is 5.82 Å². The van der Waals surface area contributed by atoms with Gasteiger partial charge in [0.05, 0.1) is 11.8 Å². The quantitative estimate of drug-likeness (QED) is 0.699. The Labute approximate surface area is 110 Å². The number of rotatable bonds is 1. The molecule has 0 saturated carbocycles. The standard InChI is InChI=1S/C12H14F2N.Ti/c1-12(2)6-3-7-15(12)11-5-4-9(13)8-10(11)14;/h4-5H,3,6-7H2,1-2H3;. The molecule has 2 rings (SSSR count). The zero-order valence-corrected chi connectivity index (χ0v) is 11.0. The summed E-state index contributed by atoms with van der Waals surface area (Å²) >= 11 is 0. The van der Waals surface area contributed by atoms with E-state index in [0.29, 0.717) is 5.69 Å². The average Bonchev–Trinajstić information content (AvgIpc) is 2.46. The van der Waals surface area contributed by atoms with Crippen molar-refractivity contribution in [2.45, 2.75) is 32.2 Å². The van der Waals surface area contributed by atoms with Gasteiger partial charge in [0.1, 0.15) is 5.82 Å². The van der Waals surface area contributed by atoms with Crippen molar-refractivity contribution in [2.75, 3.05) is 11.4 Å². The van der Waals surface area contributed by atoms with Crippen LogP contribution in [0.1, 0.15) is 26.7 Å². The third-order valence-corrected chi connectivity index (χ3v) is 3.03. The van der Waals surface area contributed by atoms with Gasteiger partial charge in [-0.15, -0.1) is 0 Å². The molecule has 1 heterocycles. The molecule has 1 aromatic rings. The van der Waals surface area contributed by atoms with Crippen LogP contribution in [0, 0.1) is 17.7 Å². The van der Waals surface area contributed by atoms with E-state index < -0.39 is 11.6 Å². The topological polar surface area (TPSA) is 3.24 Å². The van der Waals surface area contributed by atoms with Gasteiger partial charge in [0, 0.05) is 33.8 Å². The van der Waals surface area contributed by atoms with Crippen LogP contribution in [0.3, 0.4) is 0 Å². The van der Waals surface area contributed by atoms with E-state index in [1.165, 1.54) is 12.1 Å². The molecule has 0 aromatic heterocycles. The first kappa shape index (κ1) is 13.7. The molecule has 16 heavy (non-hydrogen) atoms. The predicted molar refractivity (Wildman–Crippen MR) is 55.9 cm³/mol. The third-order valence-electron chi connectivity index (χ3n) is 3.03. The Balaban J connectivity index is 0.00000128. The molecule has 1 fully saturated rings. The van der Waals surface area contributed by atoms with Crippen LogP contribution in [0.15, 0.2) is 12.1 Å². The van der Waals surface area contributed by atoms with Gasteiger partial charge in [-0.2, -0.15) is 0 Å². The normalized spacial score (nSPS) is 18.4. The fraction of sp³-hybridized carbons (Fsp3) is 0.500. The number of anilines is 1. The van der Waals surface area contributed by atoms with Crippen LogP contribution in [0.2, 0.25) is 0 Å². The van der Waals surface area contributed by atoms with Crippen molar-refractivity contribution in [1.82, 2.24) is 0 Å². The van der Waals surface area contributed by atoms with E-state index in [2.05, 4.69) is 19.9 Å². The van der Waals surface area contributed by atoms with E-state index in [1.807, 2.05) is 4.90 Å². The van der Waals surface area contributed by atoms with Crippen LogP contribution < -0.4 is 4.90 Å². The average molecular weight is 258 g/mol. The van der Waals surface area contributed by atoms with Crippen molar-refractivity contribution in [3.05, 3.63) is 29.8 Å². The fourth-order valence-electron chi connectivity index (χ4n) is 2.20. The second kappa shape index (κ2) is 4.84. The molecule has 0 amide bonds. The first-order valence-corrected chi connectivity index (χ1v) is 5.16. The Morgan fingerprint density at radius 3 is 2.50 bits per heavy atom. The monoisotopic (exact) mass is 258 g/mol. The Kier molecular flexibility index (Phi) is 4.14. The van der Waals surface area contributed by atoms with E-state index in [4.69, 9.17) is 0 Å². The van der Waals surface area contributed by atoms with E-state index in [0.717, 1.165) is 19.4 Å². The van der Waals surface area contributed by atoms with Gasteiger partial charge in [0.25, 0.3) is 0 Å². The summed E-state index contributed by atoms with van der Waals surface area (Å²) in [6.07, 6.45) is 2.08. The van der Waals surface area contributed by atoms with Crippen molar-refractivity contribution >= 4 is 5.69 Å². The van der Waals surface area contributed by atoms with Crippen molar-refractivity contribution < 1.29 is 30.5 Å². The summed E-state index contributed by atoms with van der Waals surface area (Å²) < 4.78 is 26.2. The van der Waals surface area contributed by atoms with Gasteiger partial charge in [-0.05, 0) is 38.8 Å². The van der Waals surface area contributed by atoms with Crippen LogP contribution in [0.25, 0.3) is 0 Å². The number of benzene rings is 1. The SMILES string of the molecule is CC1(C)CCCN1c1ccc(F)[c]c1F.[Ti]. The zero-order chi connectivity index (χ0) is 11.1. The molecule has 4 heteroatoms. The summed E-state index contributed by atoms with van der Waals surface area (Å²) in [4.78, 5) is 1.98. The van der Waals surface area contributed by atoms with Crippen molar-refractivity contribution in [3.63, 3.8) is 0 Å². The minimum atomic E-state index is -0.645. The minimum absolute atomic E-state index is 0. The van der Waals surface area contributed by atoms with Gasteiger partial charge >= 0.3 is 0 Å². The molecule has 0 unspecified atom stereocenters. The fourth-order valence-corrected chi connectivity index (χ4v) is 2.20. The Morgan fingerprint density at radius 1 is 1.31 bits per heavy atom. The van der Waals surface area contributed by atoms with Gasteiger partial charge in [-0.25, -0.2) is 8.78 Å². The molecular formula is C12H14F2NTi. The first-order valence-electron chi connectivity index (χ1n) is 5.16. The van der Waals surface area contributed by atoms with Crippen LogP contribution >= 0.6 is 0 Å². The maximum atomic E-state index is 13.5. The summed E-state index contributed by atoms with van der Waals surface area (Å²) in [6, 6.07) is 4.83. The Bertz CT molecular complexity index is 379. The van der Waals surface area contributed by atoms with E-state index in [1.54, 1.807) is 0 Å². The molecule has 1 saturated heterocycles. The summed E-state index contributed by atoms with van der Waals surface area (Å²) in [5.41, 5.74) is 0.408. The molecular weight excluding hydrogens is 244 g/mol. The molecule has 0 spiro atoms. The molecule has 0 aliphatic carbocycles. The number of hydrogen-bond donors (Lipinski definition) is 0. The van der Waals surface area contributed by atoms with Gasteiger partial charge in [-0.1, -0.05) is 0 Å². The zero-order valence-electron chi connectivity index (χ0n) is 9.48. The molecule has 1 nitrogen and oxygen atoms in total. The van der Waals surface area contributed by atoms with Crippen LogP contribution in [0.4, 0.5) is 14.5 Å².